The van der Waals surface area contributed by atoms with Crippen LogP contribution in [0.4, 0.5) is 17.1 Å². The minimum absolute atomic E-state index is 0.00474. The monoisotopic (exact) mass is 413 g/mol. The van der Waals surface area contributed by atoms with Gasteiger partial charge in [0.1, 0.15) is 0 Å². The molecule has 1 aliphatic heterocycles. The van der Waals surface area contributed by atoms with Gasteiger partial charge in [0.2, 0.25) is 0 Å². The van der Waals surface area contributed by atoms with E-state index in [0.29, 0.717) is 0 Å². The van der Waals surface area contributed by atoms with Crippen molar-refractivity contribution in [2.75, 3.05) is 10.2 Å². The summed E-state index contributed by atoms with van der Waals surface area (Å²) in [6, 6.07) is 24.3. The van der Waals surface area contributed by atoms with Crippen LogP contribution in [0.3, 0.4) is 0 Å². The Morgan fingerprint density at radius 1 is 1.03 bits per heavy atom. The van der Waals surface area contributed by atoms with Gasteiger partial charge in [-0.25, -0.2) is 0 Å². The molecule has 1 N–H and O–H groups in total. The van der Waals surface area contributed by atoms with Crippen molar-refractivity contribution in [1.82, 2.24) is 0 Å². The SMILES string of the molecule is C[C@@H]1C[C@@H](Nc2ccccc2)c2ccccc2N1C(=O)/C=C/c1ccc([N+](=O)[O-])cc1. The van der Waals surface area contributed by atoms with Crippen LogP contribution >= 0.6 is 0 Å². The molecule has 0 unspecified atom stereocenters. The number of non-ortho nitro benzene ring substituents is 1. The molecular formula is C25H23N3O3. The van der Waals surface area contributed by atoms with Crippen molar-refractivity contribution in [2.24, 2.45) is 0 Å². The fourth-order valence-electron chi connectivity index (χ4n) is 3.98. The van der Waals surface area contributed by atoms with E-state index in [-0.39, 0.29) is 23.7 Å². The van der Waals surface area contributed by atoms with Crippen molar-refractivity contribution in [3.8, 4) is 0 Å². The number of carbonyl (C=O) groups excluding carboxylic acids is 1. The van der Waals surface area contributed by atoms with Crippen LogP contribution in [-0.4, -0.2) is 16.9 Å². The summed E-state index contributed by atoms with van der Waals surface area (Å²) in [6.45, 7) is 2.05. The molecule has 0 saturated carbocycles. The Bertz CT molecular complexity index is 1110. The van der Waals surface area contributed by atoms with Crippen LogP contribution in [0.25, 0.3) is 6.08 Å². The van der Waals surface area contributed by atoms with Crippen LogP contribution in [0.1, 0.15) is 30.5 Å². The summed E-state index contributed by atoms with van der Waals surface area (Å²) < 4.78 is 0. The third kappa shape index (κ3) is 4.48. The zero-order valence-electron chi connectivity index (χ0n) is 17.1. The molecule has 1 heterocycles. The standard InChI is InChI=1S/C25H23N3O3/c1-18-17-23(26-20-7-3-2-4-8-20)22-9-5-6-10-24(22)27(18)25(29)16-13-19-11-14-21(15-12-19)28(30)31/h2-16,18,23,26H,17H2,1H3/b16-13+/t18-,23-/m1/s1. The number of anilines is 2. The lowest BCUT2D eigenvalue weighted by molar-refractivity contribution is -0.384. The van der Waals surface area contributed by atoms with Gasteiger partial charge in [0.05, 0.1) is 11.0 Å². The van der Waals surface area contributed by atoms with Crippen LogP contribution < -0.4 is 10.2 Å². The Kier molecular flexibility index (Phi) is 5.80. The fourth-order valence-corrected chi connectivity index (χ4v) is 3.98. The second kappa shape index (κ2) is 8.83. The largest absolute Gasteiger partial charge is 0.378 e. The molecule has 0 radical (unpaired) electrons. The smallest absolute Gasteiger partial charge is 0.269 e. The van der Waals surface area contributed by atoms with Gasteiger partial charge >= 0.3 is 0 Å². The van der Waals surface area contributed by atoms with Crippen LogP contribution in [0.2, 0.25) is 0 Å². The van der Waals surface area contributed by atoms with E-state index in [0.717, 1.165) is 28.9 Å². The number of benzene rings is 3. The molecular weight excluding hydrogens is 390 g/mol. The average molecular weight is 413 g/mol. The second-order valence-corrected chi connectivity index (χ2v) is 7.60. The summed E-state index contributed by atoms with van der Waals surface area (Å²) >= 11 is 0. The van der Waals surface area contributed by atoms with Gasteiger partial charge in [0.15, 0.2) is 0 Å². The number of fused-ring (bicyclic) bond motifs is 1. The van der Waals surface area contributed by atoms with Crippen molar-refractivity contribution in [1.29, 1.82) is 0 Å². The van der Waals surface area contributed by atoms with E-state index in [1.807, 2.05) is 60.4 Å². The molecule has 1 aliphatic rings. The molecule has 31 heavy (non-hydrogen) atoms. The number of rotatable bonds is 5. The van der Waals surface area contributed by atoms with Gasteiger partial charge < -0.3 is 10.2 Å². The number of hydrogen-bond donors (Lipinski definition) is 1. The highest BCUT2D eigenvalue weighted by Crippen LogP contribution is 2.39. The van der Waals surface area contributed by atoms with Crippen molar-refractivity contribution in [2.45, 2.75) is 25.4 Å². The average Bonchev–Trinajstić information content (AvgIpc) is 2.78. The van der Waals surface area contributed by atoms with Crippen LogP contribution in [0, 0.1) is 10.1 Å². The van der Waals surface area contributed by atoms with Gasteiger partial charge in [-0.1, -0.05) is 36.4 Å². The quantitative estimate of drug-likeness (QED) is 0.336. The third-order valence-corrected chi connectivity index (χ3v) is 5.46. The second-order valence-electron chi connectivity index (χ2n) is 7.60. The first-order valence-corrected chi connectivity index (χ1v) is 10.2. The summed E-state index contributed by atoms with van der Waals surface area (Å²) in [4.78, 5) is 25.3. The number of amides is 1. The number of nitrogens with zero attached hydrogens (tertiary/aromatic N) is 2. The number of hydrogen-bond acceptors (Lipinski definition) is 4. The summed E-state index contributed by atoms with van der Waals surface area (Å²) in [5, 5.41) is 14.4. The topological polar surface area (TPSA) is 75.5 Å². The van der Waals surface area contributed by atoms with E-state index < -0.39 is 4.92 Å². The Morgan fingerprint density at radius 2 is 1.71 bits per heavy atom. The normalized spacial score (nSPS) is 17.9. The van der Waals surface area contributed by atoms with Gasteiger partial charge in [-0.05, 0) is 60.9 Å². The zero-order chi connectivity index (χ0) is 21.8. The van der Waals surface area contributed by atoms with Gasteiger partial charge in [-0.15, -0.1) is 0 Å². The molecule has 1 amide bonds. The minimum atomic E-state index is -0.440. The maximum atomic E-state index is 13.1. The predicted octanol–water partition coefficient (Wildman–Crippen LogP) is 5.59. The Hall–Kier alpha value is -3.93. The lowest BCUT2D eigenvalue weighted by atomic mass is 9.91. The summed E-state index contributed by atoms with van der Waals surface area (Å²) in [5.41, 5.74) is 3.79. The van der Waals surface area contributed by atoms with E-state index in [9.17, 15) is 14.9 Å². The van der Waals surface area contributed by atoms with Crippen LogP contribution in [-0.2, 0) is 4.79 Å². The van der Waals surface area contributed by atoms with E-state index in [2.05, 4.69) is 11.4 Å². The molecule has 2 atom stereocenters. The lowest BCUT2D eigenvalue weighted by Gasteiger charge is -2.39. The Morgan fingerprint density at radius 3 is 2.42 bits per heavy atom. The molecule has 0 aliphatic carbocycles. The molecule has 4 rings (SSSR count). The number of nitrogens with one attached hydrogen (secondary N) is 1. The lowest BCUT2D eigenvalue weighted by Crippen LogP contribution is -2.43. The van der Waals surface area contributed by atoms with Crippen molar-refractivity contribution >= 4 is 29.0 Å². The van der Waals surface area contributed by atoms with Crippen molar-refractivity contribution in [3.63, 3.8) is 0 Å². The zero-order valence-corrected chi connectivity index (χ0v) is 17.1. The highest BCUT2D eigenvalue weighted by molar-refractivity contribution is 6.05. The summed E-state index contributed by atoms with van der Waals surface area (Å²) in [6.07, 6.45) is 4.00. The van der Waals surface area contributed by atoms with Gasteiger partial charge in [-0.3, -0.25) is 14.9 Å². The fraction of sp³-hybridized carbons (Fsp3) is 0.160. The first-order valence-electron chi connectivity index (χ1n) is 10.2. The Balaban J connectivity index is 1.56. The third-order valence-electron chi connectivity index (χ3n) is 5.46. The van der Waals surface area contributed by atoms with E-state index in [4.69, 9.17) is 0 Å². The Labute approximate surface area is 181 Å². The molecule has 0 aromatic heterocycles. The molecule has 0 saturated heterocycles. The van der Waals surface area contributed by atoms with Gasteiger partial charge in [0.25, 0.3) is 11.6 Å². The van der Waals surface area contributed by atoms with E-state index in [1.165, 1.54) is 18.2 Å². The summed E-state index contributed by atoms with van der Waals surface area (Å²) in [7, 11) is 0. The maximum Gasteiger partial charge on any atom is 0.269 e. The van der Waals surface area contributed by atoms with Crippen molar-refractivity contribution in [3.05, 3.63) is 106 Å². The highest BCUT2D eigenvalue weighted by atomic mass is 16.6. The molecule has 6 heteroatoms. The van der Waals surface area contributed by atoms with Crippen LogP contribution in [0.15, 0.2) is 84.9 Å². The molecule has 156 valence electrons. The number of nitro groups is 1. The molecule has 0 fully saturated rings. The predicted molar refractivity (Wildman–Crippen MR) is 123 cm³/mol. The number of nitro benzene ring substituents is 1. The number of carbonyl (C=O) groups is 1. The van der Waals surface area contributed by atoms with Gasteiger partial charge in [0, 0.05) is 35.6 Å². The first kappa shape index (κ1) is 20.3. The van der Waals surface area contributed by atoms with Gasteiger partial charge in [-0.2, -0.15) is 0 Å². The molecule has 3 aromatic carbocycles. The molecule has 3 aromatic rings. The van der Waals surface area contributed by atoms with E-state index >= 15 is 0 Å². The molecule has 0 spiro atoms. The van der Waals surface area contributed by atoms with Crippen molar-refractivity contribution < 1.29 is 9.72 Å². The summed E-state index contributed by atoms with van der Waals surface area (Å²) in [5.74, 6) is -0.114. The number of para-hydroxylation sites is 2. The molecule has 6 nitrogen and oxygen atoms in total. The maximum absolute atomic E-state index is 13.1. The molecule has 0 bridgehead atoms. The highest BCUT2D eigenvalue weighted by Gasteiger charge is 2.32. The first-order chi connectivity index (χ1) is 15.0. The minimum Gasteiger partial charge on any atom is -0.378 e. The van der Waals surface area contributed by atoms with Crippen LogP contribution in [0.5, 0.6) is 0 Å². The van der Waals surface area contributed by atoms with E-state index in [1.54, 1.807) is 18.2 Å².